The second-order valence-corrected chi connectivity index (χ2v) is 5.90. The first-order valence-corrected chi connectivity index (χ1v) is 7.78. The molecule has 1 aliphatic carbocycles. The standard InChI is InChI=1S/C19H23NO/c1-14-9-10-15(12-20)11-19(14)21-13-17-7-4-6-16-5-2-3-8-18(16)17/h2-3,5,8-11,17H,4,6-7,12-13,20H2,1H3. The minimum atomic E-state index is 0.510. The molecule has 2 aromatic rings. The normalized spacial score (nSPS) is 17.3. The molecule has 2 heteroatoms. The van der Waals surface area contributed by atoms with Crippen molar-refractivity contribution >= 4 is 0 Å². The number of nitrogens with two attached hydrogens (primary N) is 1. The molecule has 2 nitrogen and oxygen atoms in total. The number of hydrogen-bond donors (Lipinski definition) is 1. The van der Waals surface area contributed by atoms with Gasteiger partial charge in [-0.15, -0.1) is 0 Å². The zero-order valence-electron chi connectivity index (χ0n) is 12.6. The summed E-state index contributed by atoms with van der Waals surface area (Å²) in [6, 6.07) is 15.0. The van der Waals surface area contributed by atoms with Crippen molar-refractivity contribution in [1.29, 1.82) is 0 Å². The monoisotopic (exact) mass is 281 g/mol. The van der Waals surface area contributed by atoms with Crippen molar-refractivity contribution in [3.63, 3.8) is 0 Å². The molecule has 21 heavy (non-hydrogen) atoms. The molecule has 1 unspecified atom stereocenters. The summed E-state index contributed by atoms with van der Waals surface area (Å²) in [7, 11) is 0. The van der Waals surface area contributed by atoms with Gasteiger partial charge in [-0.3, -0.25) is 0 Å². The topological polar surface area (TPSA) is 35.2 Å². The smallest absolute Gasteiger partial charge is 0.122 e. The van der Waals surface area contributed by atoms with E-state index in [4.69, 9.17) is 10.5 Å². The third kappa shape index (κ3) is 3.11. The van der Waals surface area contributed by atoms with Crippen LogP contribution in [0.1, 0.15) is 41.0 Å². The Labute approximate surface area is 126 Å². The summed E-state index contributed by atoms with van der Waals surface area (Å²) in [6.45, 7) is 3.40. The van der Waals surface area contributed by atoms with Crippen LogP contribution in [-0.4, -0.2) is 6.61 Å². The van der Waals surface area contributed by atoms with Crippen LogP contribution in [0.5, 0.6) is 5.75 Å². The quantitative estimate of drug-likeness (QED) is 0.921. The van der Waals surface area contributed by atoms with Gasteiger partial charge in [-0.1, -0.05) is 36.4 Å². The Morgan fingerprint density at radius 2 is 2.05 bits per heavy atom. The summed E-state index contributed by atoms with van der Waals surface area (Å²) >= 11 is 0. The van der Waals surface area contributed by atoms with Crippen molar-refractivity contribution in [2.45, 2.75) is 38.6 Å². The lowest BCUT2D eigenvalue weighted by Gasteiger charge is -2.25. The van der Waals surface area contributed by atoms with E-state index in [1.165, 1.54) is 36.0 Å². The van der Waals surface area contributed by atoms with Crippen LogP contribution < -0.4 is 10.5 Å². The molecular weight excluding hydrogens is 258 g/mol. The summed E-state index contributed by atoms with van der Waals surface area (Å²) in [5.41, 5.74) is 11.0. The van der Waals surface area contributed by atoms with Gasteiger partial charge in [-0.25, -0.2) is 0 Å². The lowest BCUT2D eigenvalue weighted by Crippen LogP contribution is -2.17. The fraction of sp³-hybridized carbons (Fsp3) is 0.368. The molecule has 110 valence electrons. The molecule has 1 aliphatic rings. The highest BCUT2D eigenvalue weighted by molar-refractivity contribution is 5.37. The van der Waals surface area contributed by atoms with Gasteiger partial charge in [0, 0.05) is 12.5 Å². The second kappa shape index (κ2) is 6.31. The first-order chi connectivity index (χ1) is 10.3. The number of hydrogen-bond acceptors (Lipinski definition) is 2. The van der Waals surface area contributed by atoms with E-state index >= 15 is 0 Å². The number of rotatable bonds is 4. The third-order valence-electron chi connectivity index (χ3n) is 4.42. The molecule has 0 aromatic heterocycles. The third-order valence-corrected chi connectivity index (χ3v) is 4.42. The van der Waals surface area contributed by atoms with Gasteiger partial charge >= 0.3 is 0 Å². The van der Waals surface area contributed by atoms with Crippen molar-refractivity contribution in [1.82, 2.24) is 0 Å². The Morgan fingerprint density at radius 3 is 2.90 bits per heavy atom. The lowest BCUT2D eigenvalue weighted by atomic mass is 9.83. The molecule has 0 heterocycles. The van der Waals surface area contributed by atoms with Crippen LogP contribution in [0.15, 0.2) is 42.5 Å². The van der Waals surface area contributed by atoms with Gasteiger partial charge in [0.25, 0.3) is 0 Å². The molecule has 0 fully saturated rings. The van der Waals surface area contributed by atoms with E-state index in [1.54, 1.807) is 0 Å². The molecule has 3 rings (SSSR count). The van der Waals surface area contributed by atoms with E-state index in [2.05, 4.69) is 49.4 Å². The van der Waals surface area contributed by atoms with E-state index in [1.807, 2.05) is 0 Å². The van der Waals surface area contributed by atoms with E-state index in [-0.39, 0.29) is 0 Å². The van der Waals surface area contributed by atoms with E-state index in [0.29, 0.717) is 12.5 Å². The lowest BCUT2D eigenvalue weighted by molar-refractivity contribution is 0.273. The van der Waals surface area contributed by atoms with Crippen LogP contribution in [0.2, 0.25) is 0 Å². The molecule has 0 bridgehead atoms. The van der Waals surface area contributed by atoms with Crippen molar-refractivity contribution in [3.8, 4) is 5.75 Å². The van der Waals surface area contributed by atoms with Crippen LogP contribution in [-0.2, 0) is 13.0 Å². The zero-order chi connectivity index (χ0) is 14.7. The molecule has 1 atom stereocenters. The van der Waals surface area contributed by atoms with Gasteiger partial charge in [0.2, 0.25) is 0 Å². The SMILES string of the molecule is Cc1ccc(CN)cc1OCC1CCCc2ccccc21. The van der Waals surface area contributed by atoms with Crippen LogP contribution in [0.25, 0.3) is 0 Å². The highest BCUT2D eigenvalue weighted by Gasteiger charge is 2.20. The van der Waals surface area contributed by atoms with Crippen LogP contribution in [0, 0.1) is 6.92 Å². The molecule has 2 N–H and O–H groups in total. The van der Waals surface area contributed by atoms with Gasteiger partial charge in [0.1, 0.15) is 5.75 Å². The average molecular weight is 281 g/mol. The summed E-state index contributed by atoms with van der Waals surface area (Å²) in [5, 5.41) is 0. The molecule has 0 amide bonds. The molecule has 2 aromatic carbocycles. The zero-order valence-corrected chi connectivity index (χ0v) is 12.6. The maximum absolute atomic E-state index is 6.12. The minimum Gasteiger partial charge on any atom is -0.493 e. The summed E-state index contributed by atoms with van der Waals surface area (Å²) in [5.74, 6) is 1.48. The van der Waals surface area contributed by atoms with Crippen LogP contribution in [0.4, 0.5) is 0 Å². The molecule has 0 spiro atoms. The van der Waals surface area contributed by atoms with E-state index in [9.17, 15) is 0 Å². The van der Waals surface area contributed by atoms with Gasteiger partial charge in [-0.2, -0.15) is 0 Å². The highest BCUT2D eigenvalue weighted by atomic mass is 16.5. The van der Waals surface area contributed by atoms with Crippen molar-refractivity contribution < 1.29 is 4.74 Å². The Hall–Kier alpha value is -1.80. The Bertz CT molecular complexity index is 621. The molecular formula is C19H23NO. The Balaban J connectivity index is 1.74. The van der Waals surface area contributed by atoms with Gasteiger partial charge in [0.15, 0.2) is 0 Å². The largest absolute Gasteiger partial charge is 0.493 e. The second-order valence-electron chi connectivity index (χ2n) is 5.90. The number of benzene rings is 2. The average Bonchev–Trinajstić information content (AvgIpc) is 2.54. The first kappa shape index (κ1) is 14.2. The van der Waals surface area contributed by atoms with Gasteiger partial charge in [0.05, 0.1) is 6.61 Å². The number of fused-ring (bicyclic) bond motifs is 1. The maximum Gasteiger partial charge on any atom is 0.122 e. The van der Waals surface area contributed by atoms with Crippen LogP contribution >= 0.6 is 0 Å². The summed E-state index contributed by atoms with van der Waals surface area (Å²) < 4.78 is 6.12. The fourth-order valence-electron chi connectivity index (χ4n) is 3.15. The predicted octanol–water partition coefficient (Wildman–Crippen LogP) is 3.95. The number of aryl methyl sites for hydroxylation is 2. The predicted molar refractivity (Wildman–Crippen MR) is 86.7 cm³/mol. The minimum absolute atomic E-state index is 0.510. The molecule has 0 radical (unpaired) electrons. The van der Waals surface area contributed by atoms with Gasteiger partial charge < -0.3 is 10.5 Å². The number of ether oxygens (including phenoxy) is 1. The van der Waals surface area contributed by atoms with Crippen molar-refractivity contribution in [2.75, 3.05) is 6.61 Å². The summed E-state index contributed by atoms with van der Waals surface area (Å²) in [4.78, 5) is 0. The van der Waals surface area contributed by atoms with E-state index < -0.39 is 0 Å². The Kier molecular flexibility index (Phi) is 4.26. The molecule has 0 saturated carbocycles. The summed E-state index contributed by atoms with van der Waals surface area (Å²) in [6.07, 6.45) is 3.67. The first-order valence-electron chi connectivity index (χ1n) is 7.78. The van der Waals surface area contributed by atoms with Gasteiger partial charge in [-0.05, 0) is 54.5 Å². The van der Waals surface area contributed by atoms with Crippen molar-refractivity contribution in [2.24, 2.45) is 5.73 Å². The molecule has 0 aliphatic heterocycles. The van der Waals surface area contributed by atoms with E-state index in [0.717, 1.165) is 17.9 Å². The highest BCUT2D eigenvalue weighted by Crippen LogP contribution is 2.32. The fourth-order valence-corrected chi connectivity index (χ4v) is 3.15. The maximum atomic E-state index is 6.12. The van der Waals surface area contributed by atoms with Crippen molar-refractivity contribution in [3.05, 3.63) is 64.7 Å². The van der Waals surface area contributed by atoms with Crippen LogP contribution in [0.3, 0.4) is 0 Å². The molecule has 0 saturated heterocycles. The Morgan fingerprint density at radius 1 is 1.19 bits per heavy atom.